The molecule has 1 aliphatic rings. The van der Waals surface area contributed by atoms with Gasteiger partial charge >= 0.3 is 5.97 Å². The minimum absolute atomic E-state index is 0.0967. The van der Waals surface area contributed by atoms with Gasteiger partial charge < -0.3 is 15.0 Å². The normalized spacial score (nSPS) is 13.4. The van der Waals surface area contributed by atoms with E-state index >= 15 is 0 Å². The summed E-state index contributed by atoms with van der Waals surface area (Å²) in [6.45, 7) is 3.01. The zero-order chi connectivity index (χ0) is 31.3. The molecule has 0 radical (unpaired) electrons. The Kier molecular flexibility index (Phi) is 11.5. The zero-order valence-electron chi connectivity index (χ0n) is 25.6. The third-order valence-electron chi connectivity index (χ3n) is 8.13. The van der Waals surface area contributed by atoms with Gasteiger partial charge in [-0.15, -0.1) is 0 Å². The molecular formula is C38H41N3O4. The highest BCUT2D eigenvalue weighted by atomic mass is 16.5. The molecule has 0 spiro atoms. The van der Waals surface area contributed by atoms with E-state index in [1.807, 2.05) is 47.4 Å². The third kappa shape index (κ3) is 9.13. The van der Waals surface area contributed by atoms with Crippen LogP contribution in [0.2, 0.25) is 0 Å². The van der Waals surface area contributed by atoms with Crippen LogP contribution in [0.5, 0.6) is 0 Å². The number of nitrogens with zero attached hydrogens (tertiary/aromatic N) is 2. The summed E-state index contributed by atoms with van der Waals surface area (Å²) in [5, 5.41) is 2.90. The summed E-state index contributed by atoms with van der Waals surface area (Å²) in [6.07, 6.45) is 2.34. The van der Waals surface area contributed by atoms with E-state index in [9.17, 15) is 14.4 Å². The van der Waals surface area contributed by atoms with Crippen LogP contribution in [0, 0.1) is 0 Å². The van der Waals surface area contributed by atoms with Crippen LogP contribution in [0.3, 0.4) is 0 Å². The summed E-state index contributed by atoms with van der Waals surface area (Å²) in [4.78, 5) is 42.8. The molecule has 7 heteroatoms. The van der Waals surface area contributed by atoms with Crippen molar-refractivity contribution in [3.05, 3.63) is 138 Å². The first-order chi connectivity index (χ1) is 22.1. The van der Waals surface area contributed by atoms with Gasteiger partial charge in [0.15, 0.2) is 0 Å². The van der Waals surface area contributed by atoms with E-state index in [1.54, 1.807) is 12.1 Å². The number of anilines is 1. The van der Waals surface area contributed by atoms with Gasteiger partial charge in [0.1, 0.15) is 0 Å². The number of ether oxygens (including phenoxy) is 1. The number of piperazine rings is 1. The van der Waals surface area contributed by atoms with Crippen LogP contribution in [0.1, 0.15) is 58.8 Å². The monoisotopic (exact) mass is 603 g/mol. The molecule has 1 fully saturated rings. The van der Waals surface area contributed by atoms with Gasteiger partial charge in [-0.25, -0.2) is 0 Å². The maximum absolute atomic E-state index is 13.6. The first-order valence-corrected chi connectivity index (χ1v) is 15.8. The Morgan fingerprint density at radius 3 is 1.89 bits per heavy atom. The van der Waals surface area contributed by atoms with Crippen LogP contribution in [-0.4, -0.2) is 60.4 Å². The van der Waals surface area contributed by atoms with Crippen molar-refractivity contribution in [3.8, 4) is 0 Å². The zero-order valence-corrected chi connectivity index (χ0v) is 25.6. The second-order valence-corrected chi connectivity index (χ2v) is 11.3. The largest absolute Gasteiger partial charge is 0.466 e. The lowest BCUT2D eigenvalue weighted by molar-refractivity contribution is -0.143. The van der Waals surface area contributed by atoms with Crippen molar-refractivity contribution in [2.45, 2.75) is 38.1 Å². The van der Waals surface area contributed by atoms with Crippen LogP contribution in [-0.2, 0) is 20.7 Å². The lowest BCUT2D eigenvalue weighted by atomic mass is 9.96. The van der Waals surface area contributed by atoms with E-state index in [2.05, 4.69) is 70.9 Å². The molecule has 1 heterocycles. The van der Waals surface area contributed by atoms with Crippen molar-refractivity contribution < 1.29 is 19.1 Å². The fourth-order valence-corrected chi connectivity index (χ4v) is 5.80. The van der Waals surface area contributed by atoms with Gasteiger partial charge in [-0.05, 0) is 48.1 Å². The number of para-hydroxylation sites is 1. The number of carbonyl (C=O) groups excluding carboxylic acids is 3. The topological polar surface area (TPSA) is 78.9 Å². The number of benzene rings is 4. The Balaban J connectivity index is 1.09. The maximum Gasteiger partial charge on any atom is 0.305 e. The number of amides is 2. The lowest BCUT2D eigenvalue weighted by Gasteiger charge is -2.40. The van der Waals surface area contributed by atoms with Crippen molar-refractivity contribution >= 4 is 23.5 Å². The van der Waals surface area contributed by atoms with Crippen molar-refractivity contribution in [1.29, 1.82) is 0 Å². The summed E-state index contributed by atoms with van der Waals surface area (Å²) in [7, 11) is 0. The van der Waals surface area contributed by atoms with Gasteiger partial charge in [0, 0.05) is 39.0 Å². The molecule has 0 bridgehead atoms. The van der Waals surface area contributed by atoms with E-state index in [0.717, 1.165) is 25.9 Å². The van der Waals surface area contributed by atoms with E-state index in [1.165, 1.54) is 16.7 Å². The average molecular weight is 604 g/mol. The minimum atomic E-state index is -0.299. The van der Waals surface area contributed by atoms with Crippen LogP contribution in [0.15, 0.2) is 115 Å². The first kappa shape index (κ1) is 31.7. The summed E-state index contributed by atoms with van der Waals surface area (Å²) < 4.78 is 5.33. The molecule has 45 heavy (non-hydrogen) atoms. The highest BCUT2D eigenvalue weighted by Gasteiger charge is 2.29. The van der Waals surface area contributed by atoms with Gasteiger partial charge in [-0.3, -0.25) is 19.3 Å². The molecule has 5 rings (SSSR count). The van der Waals surface area contributed by atoms with Crippen LogP contribution < -0.4 is 5.32 Å². The van der Waals surface area contributed by atoms with Gasteiger partial charge in [0.05, 0.1) is 23.9 Å². The molecule has 0 saturated carbocycles. The number of rotatable bonds is 13. The van der Waals surface area contributed by atoms with Crippen LogP contribution in [0.25, 0.3) is 0 Å². The summed E-state index contributed by atoms with van der Waals surface area (Å²) in [5.74, 6) is -0.626. The number of hydrogen-bond acceptors (Lipinski definition) is 5. The number of nitrogens with one attached hydrogen (secondary N) is 1. The lowest BCUT2D eigenvalue weighted by Crippen LogP contribution is -2.50. The molecule has 1 N–H and O–H groups in total. The molecule has 7 nitrogen and oxygen atoms in total. The predicted octanol–water partition coefficient (Wildman–Crippen LogP) is 6.52. The van der Waals surface area contributed by atoms with Gasteiger partial charge in [-0.1, -0.05) is 103 Å². The Morgan fingerprint density at radius 1 is 0.667 bits per heavy atom. The van der Waals surface area contributed by atoms with E-state index in [0.29, 0.717) is 37.4 Å². The van der Waals surface area contributed by atoms with E-state index in [-0.39, 0.29) is 36.7 Å². The van der Waals surface area contributed by atoms with Gasteiger partial charge in [0.2, 0.25) is 5.91 Å². The predicted molar refractivity (Wildman–Crippen MR) is 177 cm³/mol. The first-order valence-electron chi connectivity index (χ1n) is 15.8. The van der Waals surface area contributed by atoms with Crippen molar-refractivity contribution in [1.82, 2.24) is 9.80 Å². The quantitative estimate of drug-likeness (QED) is 0.139. The Morgan fingerprint density at radius 2 is 1.24 bits per heavy atom. The van der Waals surface area contributed by atoms with E-state index in [4.69, 9.17) is 4.74 Å². The van der Waals surface area contributed by atoms with Crippen LogP contribution in [0.4, 0.5) is 5.69 Å². The van der Waals surface area contributed by atoms with Gasteiger partial charge in [0.25, 0.3) is 5.91 Å². The molecule has 4 aromatic carbocycles. The molecule has 0 unspecified atom stereocenters. The Labute approximate surface area is 265 Å². The number of hydrogen-bond donors (Lipinski definition) is 1. The summed E-state index contributed by atoms with van der Waals surface area (Å²) >= 11 is 0. The highest BCUT2D eigenvalue weighted by Crippen LogP contribution is 2.30. The molecule has 4 aromatic rings. The SMILES string of the molecule is O=C(CCCC(=O)OCCCc1ccccc1)Nc1ccccc1C(=O)N1CCN(C(c2ccccc2)c2ccccc2)CC1. The molecule has 1 aliphatic heterocycles. The van der Waals surface area contributed by atoms with Crippen molar-refractivity contribution in [2.75, 3.05) is 38.1 Å². The third-order valence-corrected chi connectivity index (χ3v) is 8.13. The molecule has 1 saturated heterocycles. The standard InChI is InChI=1S/C38H41N3O4/c42-35(23-12-24-36(43)45-29-13-16-30-14-4-1-5-15-30)39-34-22-11-10-21-33(34)38(44)41-27-25-40(26-28-41)37(31-17-6-2-7-18-31)32-19-8-3-9-20-32/h1-11,14-15,17-22,37H,12-13,16,23-29H2,(H,39,42). The summed E-state index contributed by atoms with van der Waals surface area (Å²) in [6, 6.07) is 38.3. The molecule has 0 atom stereocenters. The molecule has 232 valence electrons. The molecule has 0 aromatic heterocycles. The summed E-state index contributed by atoms with van der Waals surface area (Å²) in [5.41, 5.74) is 4.64. The second-order valence-electron chi connectivity index (χ2n) is 11.3. The Hall–Kier alpha value is -4.75. The average Bonchev–Trinajstić information content (AvgIpc) is 3.08. The number of aryl methyl sites for hydroxylation is 1. The molecule has 2 amide bonds. The number of carbonyl (C=O) groups is 3. The highest BCUT2D eigenvalue weighted by molar-refractivity contribution is 6.03. The van der Waals surface area contributed by atoms with Crippen LogP contribution >= 0.6 is 0 Å². The smallest absolute Gasteiger partial charge is 0.305 e. The molecule has 0 aliphatic carbocycles. The minimum Gasteiger partial charge on any atom is -0.466 e. The van der Waals surface area contributed by atoms with Crippen molar-refractivity contribution in [3.63, 3.8) is 0 Å². The van der Waals surface area contributed by atoms with E-state index < -0.39 is 0 Å². The Bertz CT molecular complexity index is 1480. The van der Waals surface area contributed by atoms with Gasteiger partial charge in [-0.2, -0.15) is 0 Å². The second kappa shape index (κ2) is 16.4. The molecular weight excluding hydrogens is 562 g/mol. The number of esters is 1. The van der Waals surface area contributed by atoms with Crippen molar-refractivity contribution in [2.24, 2.45) is 0 Å². The fourth-order valence-electron chi connectivity index (χ4n) is 5.80. The maximum atomic E-state index is 13.6. The fraction of sp³-hybridized carbons (Fsp3) is 0.289.